The highest BCUT2D eigenvalue weighted by Gasteiger charge is 2.55. The Morgan fingerprint density at radius 2 is 2.10 bits per heavy atom. The third-order valence-electron chi connectivity index (χ3n) is 4.54. The quantitative estimate of drug-likeness (QED) is 0.664. The van der Waals surface area contributed by atoms with E-state index in [0.717, 1.165) is 37.8 Å². The molecule has 1 amide bonds. The second-order valence-electron chi connectivity index (χ2n) is 5.78. The molecule has 1 aromatic rings. The van der Waals surface area contributed by atoms with E-state index >= 15 is 0 Å². The van der Waals surface area contributed by atoms with E-state index in [9.17, 15) is 4.79 Å². The molecule has 1 heterocycles. The molecule has 0 bridgehead atoms. The molecular weight excluding hydrogens is 282 g/mol. The molecular formula is C16H19N3OS. The first-order chi connectivity index (χ1) is 10.2. The van der Waals surface area contributed by atoms with Crippen LogP contribution in [0.2, 0.25) is 0 Å². The van der Waals surface area contributed by atoms with Crippen molar-refractivity contribution in [2.75, 3.05) is 4.90 Å². The molecule has 4 nitrogen and oxygen atoms in total. The number of hydrogen-bond donors (Lipinski definition) is 2. The summed E-state index contributed by atoms with van der Waals surface area (Å²) in [5.41, 5.74) is 1.64. The highest BCUT2D eigenvalue weighted by atomic mass is 32.1. The van der Waals surface area contributed by atoms with Gasteiger partial charge in [-0.15, -0.1) is 12.6 Å². The van der Waals surface area contributed by atoms with Crippen molar-refractivity contribution < 1.29 is 4.79 Å². The molecule has 3 rings (SSSR count). The normalized spacial score (nSPS) is 22.8. The van der Waals surface area contributed by atoms with Crippen molar-refractivity contribution in [1.82, 2.24) is 5.32 Å². The van der Waals surface area contributed by atoms with E-state index in [4.69, 9.17) is 5.26 Å². The van der Waals surface area contributed by atoms with Gasteiger partial charge in [-0.25, -0.2) is 0 Å². The molecule has 0 aromatic heterocycles. The monoisotopic (exact) mass is 301 g/mol. The zero-order chi connectivity index (χ0) is 14.9. The summed E-state index contributed by atoms with van der Waals surface area (Å²) in [6, 6.07) is 10.5. The SMILES string of the molecule is N#CCCCc1ccc(N2C(S)NC(=O)C23CCC3)cc1. The van der Waals surface area contributed by atoms with Crippen molar-refractivity contribution in [1.29, 1.82) is 5.26 Å². The fourth-order valence-corrected chi connectivity index (χ4v) is 3.69. The smallest absolute Gasteiger partial charge is 0.248 e. The van der Waals surface area contributed by atoms with Gasteiger partial charge >= 0.3 is 0 Å². The number of carbonyl (C=O) groups is 1. The molecule has 1 aliphatic carbocycles. The second-order valence-corrected chi connectivity index (χ2v) is 6.27. The van der Waals surface area contributed by atoms with Crippen LogP contribution in [0.25, 0.3) is 0 Å². The predicted octanol–water partition coefficient (Wildman–Crippen LogP) is 2.61. The van der Waals surface area contributed by atoms with Crippen LogP contribution in [0.1, 0.15) is 37.7 Å². The Morgan fingerprint density at radius 3 is 2.67 bits per heavy atom. The Balaban J connectivity index is 1.77. The summed E-state index contributed by atoms with van der Waals surface area (Å²) in [5, 5.41) is 11.5. The standard InChI is InChI=1S/C16H19N3OS/c17-11-2-1-4-12-5-7-13(8-6-12)19-15(21)18-14(20)16(19)9-3-10-16/h5-8,15,21H,1-4,9-10H2,(H,18,20). The lowest BCUT2D eigenvalue weighted by Crippen LogP contribution is -2.55. The van der Waals surface area contributed by atoms with E-state index in [2.05, 4.69) is 53.2 Å². The third kappa shape index (κ3) is 2.38. The number of nitriles is 1. The van der Waals surface area contributed by atoms with Gasteiger partial charge in [-0.1, -0.05) is 12.1 Å². The molecule has 110 valence electrons. The number of benzene rings is 1. The number of nitrogens with zero attached hydrogens (tertiary/aromatic N) is 2. The average molecular weight is 301 g/mol. The van der Waals surface area contributed by atoms with Gasteiger partial charge in [-0.05, 0) is 49.8 Å². The number of amides is 1. The van der Waals surface area contributed by atoms with Crippen LogP contribution >= 0.6 is 12.6 Å². The second kappa shape index (κ2) is 5.61. The van der Waals surface area contributed by atoms with Crippen LogP contribution in [0.3, 0.4) is 0 Å². The number of carbonyl (C=O) groups excluding carboxylic acids is 1. The predicted molar refractivity (Wildman–Crippen MR) is 85.0 cm³/mol. The number of nitrogens with one attached hydrogen (secondary N) is 1. The van der Waals surface area contributed by atoms with Gasteiger partial charge in [-0.2, -0.15) is 5.26 Å². The van der Waals surface area contributed by atoms with Gasteiger partial charge in [0, 0.05) is 12.1 Å². The first-order valence-corrected chi connectivity index (χ1v) is 7.93. The Morgan fingerprint density at radius 1 is 1.38 bits per heavy atom. The molecule has 1 N–H and O–H groups in total. The highest BCUT2D eigenvalue weighted by molar-refractivity contribution is 7.81. The summed E-state index contributed by atoms with van der Waals surface area (Å²) in [4.78, 5) is 14.3. The van der Waals surface area contributed by atoms with Crippen LogP contribution in [0.4, 0.5) is 5.69 Å². The van der Waals surface area contributed by atoms with E-state index in [-0.39, 0.29) is 16.9 Å². The molecule has 5 heteroatoms. The fraction of sp³-hybridized carbons (Fsp3) is 0.500. The van der Waals surface area contributed by atoms with Gasteiger partial charge in [0.05, 0.1) is 6.07 Å². The fourth-order valence-electron chi connectivity index (χ4n) is 3.22. The van der Waals surface area contributed by atoms with Gasteiger partial charge in [0.15, 0.2) is 0 Å². The van der Waals surface area contributed by atoms with Crippen molar-refractivity contribution in [3.8, 4) is 6.07 Å². The maximum atomic E-state index is 12.2. The third-order valence-corrected chi connectivity index (χ3v) is 4.90. The van der Waals surface area contributed by atoms with Gasteiger partial charge in [0.2, 0.25) is 5.91 Å². The van der Waals surface area contributed by atoms with Crippen molar-refractivity contribution in [2.45, 2.75) is 49.6 Å². The minimum atomic E-state index is -0.380. The molecule has 1 saturated carbocycles. The molecule has 2 aliphatic rings. The minimum Gasteiger partial charge on any atom is -0.328 e. The maximum absolute atomic E-state index is 12.2. The summed E-state index contributed by atoms with van der Waals surface area (Å²) in [6.45, 7) is 0. The summed E-state index contributed by atoms with van der Waals surface area (Å²) >= 11 is 4.51. The molecule has 1 saturated heterocycles. The summed E-state index contributed by atoms with van der Waals surface area (Å²) in [7, 11) is 0. The molecule has 1 unspecified atom stereocenters. The van der Waals surface area contributed by atoms with E-state index < -0.39 is 0 Å². The Bertz CT molecular complexity index is 574. The molecule has 2 fully saturated rings. The lowest BCUT2D eigenvalue weighted by Gasteiger charge is -2.44. The summed E-state index contributed by atoms with van der Waals surface area (Å²) in [6.07, 6.45) is 5.30. The molecule has 1 atom stereocenters. The van der Waals surface area contributed by atoms with Crippen molar-refractivity contribution >= 4 is 24.2 Å². The van der Waals surface area contributed by atoms with Gasteiger partial charge in [-0.3, -0.25) is 4.79 Å². The topological polar surface area (TPSA) is 56.1 Å². The van der Waals surface area contributed by atoms with Crippen LogP contribution in [0, 0.1) is 11.3 Å². The van der Waals surface area contributed by atoms with Crippen LogP contribution in [-0.4, -0.2) is 16.9 Å². The average Bonchev–Trinajstić information content (AvgIpc) is 2.70. The largest absolute Gasteiger partial charge is 0.328 e. The van der Waals surface area contributed by atoms with Gasteiger partial charge in [0.25, 0.3) is 0 Å². The summed E-state index contributed by atoms with van der Waals surface area (Å²) in [5.74, 6) is 0.104. The van der Waals surface area contributed by atoms with Crippen molar-refractivity contribution in [2.24, 2.45) is 0 Å². The highest BCUT2D eigenvalue weighted by Crippen LogP contribution is 2.45. The van der Waals surface area contributed by atoms with Crippen molar-refractivity contribution in [3.63, 3.8) is 0 Å². The van der Waals surface area contributed by atoms with E-state index in [1.807, 2.05) is 0 Å². The summed E-state index contributed by atoms with van der Waals surface area (Å²) < 4.78 is 0. The zero-order valence-corrected chi connectivity index (χ0v) is 12.8. The minimum absolute atomic E-state index is 0.104. The molecule has 1 spiro atoms. The Labute approximate surface area is 130 Å². The van der Waals surface area contributed by atoms with Crippen LogP contribution in [0.5, 0.6) is 0 Å². The maximum Gasteiger partial charge on any atom is 0.248 e. The van der Waals surface area contributed by atoms with Crippen LogP contribution in [0.15, 0.2) is 24.3 Å². The molecule has 21 heavy (non-hydrogen) atoms. The first-order valence-electron chi connectivity index (χ1n) is 7.42. The number of rotatable bonds is 4. The number of anilines is 1. The van der Waals surface area contributed by atoms with E-state index in [0.29, 0.717) is 6.42 Å². The van der Waals surface area contributed by atoms with Crippen LogP contribution in [-0.2, 0) is 11.2 Å². The Hall–Kier alpha value is -1.67. The van der Waals surface area contributed by atoms with Gasteiger partial charge < -0.3 is 10.2 Å². The first kappa shape index (κ1) is 14.3. The molecule has 0 radical (unpaired) electrons. The van der Waals surface area contributed by atoms with Crippen molar-refractivity contribution in [3.05, 3.63) is 29.8 Å². The van der Waals surface area contributed by atoms with Gasteiger partial charge in [0.1, 0.15) is 11.0 Å². The molecule has 1 aliphatic heterocycles. The number of unbranched alkanes of at least 4 members (excludes halogenated alkanes) is 1. The Kier molecular flexibility index (Phi) is 3.81. The zero-order valence-electron chi connectivity index (χ0n) is 11.9. The number of aryl methyl sites for hydroxylation is 1. The molecule has 1 aromatic carbocycles. The number of hydrogen-bond acceptors (Lipinski definition) is 4. The van der Waals surface area contributed by atoms with Crippen LogP contribution < -0.4 is 10.2 Å². The lowest BCUT2D eigenvalue weighted by atomic mass is 9.75. The number of thiol groups is 1. The van der Waals surface area contributed by atoms with E-state index in [1.165, 1.54) is 5.56 Å². The lowest BCUT2D eigenvalue weighted by molar-refractivity contribution is -0.126. The van der Waals surface area contributed by atoms with E-state index in [1.54, 1.807) is 0 Å².